The molecule has 2 rings (SSSR count). The molecule has 1 heterocycles. The summed E-state index contributed by atoms with van der Waals surface area (Å²) in [6, 6.07) is 8.50. The van der Waals surface area contributed by atoms with Gasteiger partial charge in [-0.3, -0.25) is 9.89 Å². The minimum Gasteiger partial charge on any atom is -0.490 e. The van der Waals surface area contributed by atoms with Crippen LogP contribution in [0.1, 0.15) is 20.8 Å². The first-order valence-electron chi connectivity index (χ1n) is 8.59. The number of benzene rings is 1. The number of nitrogens with one attached hydrogen (secondary N) is 2. The Bertz CT molecular complexity index is 550. The second-order valence-corrected chi connectivity index (χ2v) is 6.96. The van der Waals surface area contributed by atoms with E-state index >= 15 is 0 Å². The molecule has 1 aliphatic rings. The van der Waals surface area contributed by atoms with Gasteiger partial charge in [-0.1, -0.05) is 30.7 Å². The Labute approximate surface area is 150 Å². The maximum absolute atomic E-state index is 6.08. The number of likely N-dealkylation sites (tertiary alicyclic amines) is 1. The summed E-state index contributed by atoms with van der Waals surface area (Å²) in [5.41, 5.74) is 0. The summed E-state index contributed by atoms with van der Waals surface area (Å²) in [4.78, 5) is 6.81. The minimum atomic E-state index is 0.420. The first kappa shape index (κ1) is 18.9. The topological polar surface area (TPSA) is 48.9 Å². The summed E-state index contributed by atoms with van der Waals surface area (Å²) < 4.78 is 5.69. The molecule has 1 aliphatic heterocycles. The molecule has 5 nitrogen and oxygen atoms in total. The Hall–Kier alpha value is -1.46. The maximum Gasteiger partial charge on any atom is 0.191 e. The minimum absolute atomic E-state index is 0.420. The first-order chi connectivity index (χ1) is 11.5. The largest absolute Gasteiger partial charge is 0.490 e. The van der Waals surface area contributed by atoms with Crippen LogP contribution in [-0.2, 0) is 0 Å². The van der Waals surface area contributed by atoms with Gasteiger partial charge < -0.3 is 15.4 Å². The van der Waals surface area contributed by atoms with Gasteiger partial charge in [-0.05, 0) is 31.9 Å². The number of hydrogen-bond acceptors (Lipinski definition) is 3. The van der Waals surface area contributed by atoms with Crippen LogP contribution in [0.4, 0.5) is 0 Å². The Balaban J connectivity index is 1.74. The molecule has 1 saturated heterocycles. The van der Waals surface area contributed by atoms with Crippen molar-refractivity contribution in [3.8, 4) is 5.75 Å². The van der Waals surface area contributed by atoms with E-state index in [1.54, 1.807) is 7.05 Å². The van der Waals surface area contributed by atoms with Crippen molar-refractivity contribution >= 4 is 17.6 Å². The van der Waals surface area contributed by atoms with E-state index in [1.807, 2.05) is 24.3 Å². The predicted octanol–water partition coefficient (Wildman–Crippen LogP) is 2.61. The monoisotopic (exact) mass is 352 g/mol. The highest BCUT2D eigenvalue weighted by atomic mass is 35.5. The smallest absolute Gasteiger partial charge is 0.191 e. The van der Waals surface area contributed by atoms with Gasteiger partial charge in [0.2, 0.25) is 0 Å². The van der Waals surface area contributed by atoms with E-state index in [-0.39, 0.29) is 0 Å². The van der Waals surface area contributed by atoms with Crippen molar-refractivity contribution in [2.24, 2.45) is 10.9 Å². The third kappa shape index (κ3) is 5.28. The number of para-hydroxylation sites is 1. The van der Waals surface area contributed by atoms with E-state index in [0.29, 0.717) is 41.9 Å². The lowest BCUT2D eigenvalue weighted by Gasteiger charge is -2.22. The molecule has 0 aromatic heterocycles. The molecule has 2 atom stereocenters. The van der Waals surface area contributed by atoms with Gasteiger partial charge in [0.15, 0.2) is 5.96 Å². The van der Waals surface area contributed by atoms with Crippen molar-refractivity contribution in [3.63, 3.8) is 0 Å². The van der Waals surface area contributed by atoms with E-state index in [2.05, 4.69) is 41.3 Å². The van der Waals surface area contributed by atoms with E-state index in [1.165, 1.54) is 0 Å². The molecule has 1 aromatic carbocycles. The summed E-state index contributed by atoms with van der Waals surface area (Å²) in [5.74, 6) is 2.13. The molecule has 24 heavy (non-hydrogen) atoms. The van der Waals surface area contributed by atoms with Gasteiger partial charge in [-0.25, -0.2) is 0 Å². The molecule has 134 valence electrons. The van der Waals surface area contributed by atoms with Crippen molar-refractivity contribution in [1.82, 2.24) is 15.5 Å². The molecule has 0 aliphatic carbocycles. The Morgan fingerprint density at radius 1 is 1.38 bits per heavy atom. The summed E-state index contributed by atoms with van der Waals surface area (Å²) in [7, 11) is 1.80. The van der Waals surface area contributed by atoms with Crippen molar-refractivity contribution in [1.29, 1.82) is 0 Å². The highest BCUT2D eigenvalue weighted by Crippen LogP contribution is 2.22. The lowest BCUT2D eigenvalue weighted by molar-refractivity contribution is 0.265. The summed E-state index contributed by atoms with van der Waals surface area (Å²) in [5, 5.41) is 7.46. The fourth-order valence-electron chi connectivity index (χ4n) is 2.88. The number of nitrogens with zero attached hydrogens (tertiary/aromatic N) is 2. The highest BCUT2D eigenvalue weighted by Gasteiger charge is 2.31. The molecule has 0 saturated carbocycles. The predicted molar refractivity (Wildman–Crippen MR) is 101 cm³/mol. The van der Waals surface area contributed by atoms with Gasteiger partial charge >= 0.3 is 0 Å². The van der Waals surface area contributed by atoms with Gasteiger partial charge in [0.25, 0.3) is 0 Å². The van der Waals surface area contributed by atoms with Crippen molar-refractivity contribution in [2.75, 3.05) is 33.3 Å². The van der Waals surface area contributed by atoms with Crippen LogP contribution < -0.4 is 15.4 Å². The first-order valence-corrected chi connectivity index (χ1v) is 8.97. The van der Waals surface area contributed by atoms with Crippen molar-refractivity contribution in [3.05, 3.63) is 29.3 Å². The second kappa shape index (κ2) is 9.14. The Morgan fingerprint density at radius 3 is 2.75 bits per heavy atom. The zero-order chi connectivity index (χ0) is 17.5. The van der Waals surface area contributed by atoms with E-state index in [0.717, 1.165) is 19.0 Å². The second-order valence-electron chi connectivity index (χ2n) is 6.55. The lowest BCUT2D eigenvalue weighted by Crippen LogP contribution is -2.47. The van der Waals surface area contributed by atoms with Gasteiger partial charge in [-0.15, -0.1) is 0 Å². The van der Waals surface area contributed by atoms with Crippen LogP contribution in [0, 0.1) is 5.92 Å². The molecule has 2 unspecified atom stereocenters. The number of guanidine groups is 1. The number of hydrogen-bond donors (Lipinski definition) is 2. The number of ether oxygens (including phenoxy) is 1. The Morgan fingerprint density at radius 2 is 2.12 bits per heavy atom. The average Bonchev–Trinajstić information content (AvgIpc) is 2.93. The molecule has 0 radical (unpaired) electrons. The van der Waals surface area contributed by atoms with Gasteiger partial charge in [0.1, 0.15) is 12.4 Å². The fraction of sp³-hybridized carbons (Fsp3) is 0.611. The third-order valence-corrected chi connectivity index (χ3v) is 4.72. The molecule has 1 aromatic rings. The summed E-state index contributed by atoms with van der Waals surface area (Å²) in [6.45, 7) is 10.1. The molecule has 0 spiro atoms. The number of rotatable bonds is 6. The Kier molecular flexibility index (Phi) is 7.18. The highest BCUT2D eigenvalue weighted by molar-refractivity contribution is 6.32. The van der Waals surface area contributed by atoms with Crippen molar-refractivity contribution < 1.29 is 4.74 Å². The van der Waals surface area contributed by atoms with E-state index in [4.69, 9.17) is 16.3 Å². The number of aliphatic imine (C=N–C) groups is 1. The molecule has 0 amide bonds. The SMILES string of the molecule is CN=C(NCCOc1ccccc1Cl)NC1CN(C(C)C)CC1C. The van der Waals surface area contributed by atoms with Crippen LogP contribution in [0.15, 0.2) is 29.3 Å². The third-order valence-electron chi connectivity index (χ3n) is 4.41. The normalized spacial score (nSPS) is 22.0. The maximum atomic E-state index is 6.08. The van der Waals surface area contributed by atoms with Crippen LogP contribution in [0.5, 0.6) is 5.75 Å². The van der Waals surface area contributed by atoms with Crippen LogP contribution in [0.25, 0.3) is 0 Å². The molecule has 0 bridgehead atoms. The van der Waals surface area contributed by atoms with Gasteiger partial charge in [0.05, 0.1) is 11.6 Å². The molecular formula is C18H29ClN4O. The lowest BCUT2D eigenvalue weighted by atomic mass is 10.1. The van der Waals surface area contributed by atoms with Gasteiger partial charge in [-0.2, -0.15) is 0 Å². The van der Waals surface area contributed by atoms with Crippen LogP contribution in [-0.4, -0.2) is 56.2 Å². The number of halogens is 1. The fourth-order valence-corrected chi connectivity index (χ4v) is 3.07. The summed E-state index contributed by atoms with van der Waals surface area (Å²) >= 11 is 6.08. The zero-order valence-electron chi connectivity index (χ0n) is 15.1. The summed E-state index contributed by atoms with van der Waals surface area (Å²) in [6.07, 6.45) is 0. The van der Waals surface area contributed by atoms with Crippen molar-refractivity contribution in [2.45, 2.75) is 32.9 Å². The molecular weight excluding hydrogens is 324 g/mol. The van der Waals surface area contributed by atoms with E-state index < -0.39 is 0 Å². The van der Waals surface area contributed by atoms with Crippen LogP contribution in [0.2, 0.25) is 5.02 Å². The van der Waals surface area contributed by atoms with Crippen LogP contribution in [0.3, 0.4) is 0 Å². The molecule has 2 N–H and O–H groups in total. The van der Waals surface area contributed by atoms with Crippen LogP contribution >= 0.6 is 11.6 Å². The quantitative estimate of drug-likeness (QED) is 0.469. The zero-order valence-corrected chi connectivity index (χ0v) is 15.8. The van der Waals surface area contributed by atoms with E-state index in [9.17, 15) is 0 Å². The molecule has 6 heteroatoms. The van der Waals surface area contributed by atoms with Gasteiger partial charge in [0, 0.05) is 32.2 Å². The standard InChI is InChI=1S/C18H29ClN4O/c1-13(2)23-11-14(3)16(12-23)22-18(20-4)21-9-10-24-17-8-6-5-7-15(17)19/h5-8,13-14,16H,9-12H2,1-4H3,(H2,20,21,22). The molecule has 1 fully saturated rings. The average molecular weight is 353 g/mol.